The monoisotopic (exact) mass is 722 g/mol. The van der Waals surface area contributed by atoms with Crippen molar-refractivity contribution in [2.45, 2.75) is 50.1 Å². The van der Waals surface area contributed by atoms with Crippen LogP contribution in [0, 0.1) is 5.82 Å². The predicted octanol–water partition coefficient (Wildman–Crippen LogP) is 7.09. The van der Waals surface area contributed by atoms with Crippen LogP contribution in [-0.4, -0.2) is 99.5 Å². The molecule has 2 unspecified atom stereocenters. The van der Waals surface area contributed by atoms with E-state index in [1.54, 1.807) is 19.2 Å². The number of halogens is 1. The van der Waals surface area contributed by atoms with Crippen LogP contribution in [0.2, 0.25) is 0 Å². The molecule has 53 heavy (non-hydrogen) atoms. The zero-order valence-electron chi connectivity index (χ0n) is 30.3. The summed E-state index contributed by atoms with van der Waals surface area (Å²) in [5.41, 5.74) is 4.58. The number of phenolic OH excluding ortho intramolecular Hbond substituents is 2. The number of likely N-dealkylation sites (tertiary alicyclic amines) is 2. The van der Waals surface area contributed by atoms with Crippen molar-refractivity contribution in [2.75, 3.05) is 47.4 Å². The van der Waals surface area contributed by atoms with E-state index in [2.05, 4.69) is 38.8 Å². The summed E-state index contributed by atoms with van der Waals surface area (Å²) < 4.78 is 32.0. The van der Waals surface area contributed by atoms with Gasteiger partial charge in [0.25, 0.3) is 0 Å². The normalized spacial score (nSPS) is 17.4. The molecule has 12 heteroatoms. The Hall–Kier alpha value is -5.01. The maximum absolute atomic E-state index is 13.9. The van der Waals surface area contributed by atoms with Crippen LogP contribution in [-0.2, 0) is 9.47 Å². The average molecular weight is 723 g/mol. The predicted molar refractivity (Wildman–Crippen MR) is 202 cm³/mol. The highest BCUT2D eigenvalue weighted by atomic mass is 19.1. The van der Waals surface area contributed by atoms with Gasteiger partial charge in [-0.1, -0.05) is 24.3 Å². The van der Waals surface area contributed by atoms with Crippen molar-refractivity contribution in [2.24, 2.45) is 0 Å². The minimum absolute atomic E-state index is 0.00443. The zero-order valence-corrected chi connectivity index (χ0v) is 30.3. The van der Waals surface area contributed by atoms with Crippen molar-refractivity contribution >= 4 is 22.1 Å². The summed E-state index contributed by atoms with van der Waals surface area (Å²) in [6, 6.07) is 24.7. The van der Waals surface area contributed by atoms with Gasteiger partial charge in [0.1, 0.15) is 46.9 Å². The molecule has 4 aromatic carbocycles. The van der Waals surface area contributed by atoms with Crippen molar-refractivity contribution in [3.63, 3.8) is 0 Å². The molecule has 2 aliphatic rings. The molecule has 0 amide bonds. The van der Waals surface area contributed by atoms with Gasteiger partial charge in [0.2, 0.25) is 0 Å². The number of hydrogen-bond acceptors (Lipinski definition) is 9. The van der Waals surface area contributed by atoms with Crippen molar-refractivity contribution in [1.29, 1.82) is 0 Å². The number of benzene rings is 4. The van der Waals surface area contributed by atoms with Gasteiger partial charge >= 0.3 is 0 Å². The van der Waals surface area contributed by atoms with E-state index < -0.39 is 18.0 Å². The molecule has 11 nitrogen and oxygen atoms in total. The summed E-state index contributed by atoms with van der Waals surface area (Å²) in [6.07, 6.45) is 2.72. The van der Waals surface area contributed by atoms with E-state index >= 15 is 0 Å². The molecule has 8 rings (SSSR count). The molecule has 2 aliphatic heterocycles. The quantitative estimate of drug-likeness (QED) is 0.124. The molecule has 278 valence electrons. The third-order valence-corrected chi connectivity index (χ3v) is 10.1. The summed E-state index contributed by atoms with van der Waals surface area (Å²) in [4.78, 5) is 20.5. The molecule has 0 spiro atoms. The second-order valence-corrected chi connectivity index (χ2v) is 13.9. The number of phenols is 2. The Morgan fingerprint density at radius 3 is 1.58 bits per heavy atom. The van der Waals surface area contributed by atoms with E-state index in [0.29, 0.717) is 28.5 Å². The number of H-pyrrole nitrogens is 2. The first-order chi connectivity index (χ1) is 25.7. The Bertz CT molecular complexity index is 2060. The summed E-state index contributed by atoms with van der Waals surface area (Å²) in [5.74, 6) is 1.71. The number of aromatic amines is 2. The van der Waals surface area contributed by atoms with E-state index in [9.17, 15) is 14.6 Å². The fraction of sp³-hybridized carbons (Fsp3) is 0.366. The number of ether oxygens (including phenoxy) is 3. The van der Waals surface area contributed by atoms with Crippen LogP contribution in [0.4, 0.5) is 4.39 Å². The second-order valence-electron chi connectivity index (χ2n) is 13.9. The van der Waals surface area contributed by atoms with E-state index in [1.165, 1.54) is 18.2 Å². The maximum Gasteiger partial charge on any atom is 0.144 e. The number of hydrogen-bond donors (Lipinski definition) is 4. The molecule has 2 fully saturated rings. The fourth-order valence-corrected chi connectivity index (χ4v) is 7.00. The van der Waals surface area contributed by atoms with Crippen molar-refractivity contribution in [3.05, 3.63) is 114 Å². The van der Waals surface area contributed by atoms with Crippen molar-refractivity contribution < 1.29 is 28.8 Å². The molecule has 2 aromatic heterocycles. The van der Waals surface area contributed by atoms with Gasteiger partial charge in [-0.15, -0.1) is 0 Å². The largest absolute Gasteiger partial charge is 0.508 e. The molecule has 0 saturated carbocycles. The highest BCUT2D eigenvalue weighted by molar-refractivity contribution is 5.75. The molecular weight excluding hydrogens is 675 g/mol. The topological polar surface area (TPSA) is 132 Å². The van der Waals surface area contributed by atoms with Crippen LogP contribution in [0.15, 0.2) is 84.9 Å². The molecule has 6 aromatic rings. The number of nitrogens with zero attached hydrogens (tertiary/aromatic N) is 4. The molecule has 0 bridgehead atoms. The van der Waals surface area contributed by atoms with Crippen molar-refractivity contribution in [3.8, 4) is 17.2 Å². The number of aromatic hydroxyl groups is 2. The van der Waals surface area contributed by atoms with Gasteiger partial charge in [0.05, 0.1) is 41.4 Å². The number of fused-ring (bicyclic) bond motifs is 2. The summed E-state index contributed by atoms with van der Waals surface area (Å²) >= 11 is 0. The summed E-state index contributed by atoms with van der Waals surface area (Å²) in [6.45, 7) is 3.91. The van der Waals surface area contributed by atoms with Gasteiger partial charge in [-0.25, -0.2) is 14.4 Å². The number of aromatic nitrogens is 4. The SMILES string of the molecule is CN1CCC(OC(c2nc3ccccc3[nH]2)c2cc(F)ccc2O)CC1.COc1ccc(O)c(C(OC2CCN(C)CC2)c2nc3ccccc3[nH]2)c1. The van der Waals surface area contributed by atoms with Crippen LogP contribution in [0.3, 0.4) is 0 Å². The maximum atomic E-state index is 13.9. The van der Waals surface area contributed by atoms with E-state index in [1.807, 2.05) is 54.6 Å². The van der Waals surface area contributed by atoms with Gasteiger partial charge < -0.3 is 44.2 Å². The van der Waals surface area contributed by atoms with Gasteiger partial charge in [-0.2, -0.15) is 0 Å². The summed E-state index contributed by atoms with van der Waals surface area (Å²) in [7, 11) is 5.83. The van der Waals surface area contributed by atoms with E-state index in [0.717, 1.165) is 73.9 Å². The third kappa shape index (κ3) is 8.63. The Balaban J connectivity index is 0.000000164. The van der Waals surface area contributed by atoms with Gasteiger partial charge in [-0.05, 0) is 100 Å². The number of piperidine rings is 2. The molecular formula is C41H47FN6O5. The Morgan fingerprint density at radius 2 is 1.11 bits per heavy atom. The first-order valence-corrected chi connectivity index (χ1v) is 18.2. The fourth-order valence-electron chi connectivity index (χ4n) is 7.00. The van der Waals surface area contributed by atoms with Crippen LogP contribution < -0.4 is 4.74 Å². The van der Waals surface area contributed by atoms with Gasteiger partial charge in [0.15, 0.2) is 0 Å². The number of para-hydroxylation sites is 4. The minimum Gasteiger partial charge on any atom is -0.508 e. The zero-order chi connectivity index (χ0) is 36.9. The highest BCUT2D eigenvalue weighted by Gasteiger charge is 2.29. The van der Waals surface area contributed by atoms with Crippen LogP contribution >= 0.6 is 0 Å². The second kappa shape index (κ2) is 16.3. The molecule has 2 atom stereocenters. The first-order valence-electron chi connectivity index (χ1n) is 18.2. The van der Waals surface area contributed by atoms with Crippen LogP contribution in [0.5, 0.6) is 17.2 Å². The number of rotatable bonds is 9. The molecule has 2 saturated heterocycles. The molecule has 4 N–H and O–H groups in total. The highest BCUT2D eigenvalue weighted by Crippen LogP contribution is 2.37. The summed E-state index contributed by atoms with van der Waals surface area (Å²) in [5, 5.41) is 20.8. The molecule has 0 radical (unpaired) electrons. The van der Waals surface area contributed by atoms with E-state index in [4.69, 9.17) is 19.2 Å². The lowest BCUT2D eigenvalue weighted by atomic mass is 10.0. The standard InChI is InChI=1S/C21H25N3O3.C20H22FN3O2/c1-24-11-9-14(10-12-24)27-20(16-13-15(26-2)7-8-19(16)25)21-22-17-5-3-4-6-18(17)23-21;1-24-10-8-14(9-11-24)26-19(15-12-13(21)6-7-18(15)25)20-22-16-4-2-3-5-17(16)23-20/h3-8,13-14,20,25H,9-12H2,1-2H3,(H,22,23);2-7,12,14,19,25H,8-11H2,1H3,(H,22,23). The number of imidazole rings is 2. The minimum atomic E-state index is -0.647. The van der Waals surface area contributed by atoms with Crippen molar-refractivity contribution in [1.82, 2.24) is 29.7 Å². The van der Waals surface area contributed by atoms with E-state index in [-0.39, 0.29) is 23.7 Å². The number of nitrogens with one attached hydrogen (secondary N) is 2. The lowest BCUT2D eigenvalue weighted by Crippen LogP contribution is -2.35. The molecule has 0 aliphatic carbocycles. The lowest BCUT2D eigenvalue weighted by molar-refractivity contribution is -0.0273. The van der Waals surface area contributed by atoms with Crippen LogP contribution in [0.25, 0.3) is 22.1 Å². The third-order valence-electron chi connectivity index (χ3n) is 10.1. The smallest absolute Gasteiger partial charge is 0.144 e. The van der Waals surface area contributed by atoms with Crippen LogP contribution in [0.1, 0.15) is 60.7 Å². The Labute approximate surface area is 308 Å². The van der Waals surface area contributed by atoms with Gasteiger partial charge in [0, 0.05) is 37.3 Å². The Morgan fingerprint density at radius 1 is 0.660 bits per heavy atom. The lowest BCUT2D eigenvalue weighted by Gasteiger charge is -2.31. The Kier molecular flexibility index (Phi) is 11.2. The molecule has 4 heterocycles. The average Bonchev–Trinajstić information content (AvgIpc) is 3.81. The van der Waals surface area contributed by atoms with Gasteiger partial charge in [-0.3, -0.25) is 0 Å². The number of methoxy groups -OCH3 is 1. The first kappa shape index (κ1) is 36.4.